The van der Waals surface area contributed by atoms with Crippen LogP contribution in [0, 0.1) is 0 Å². The van der Waals surface area contributed by atoms with Crippen LogP contribution in [0.4, 0.5) is 5.69 Å². The molecule has 0 unspecified atom stereocenters. The number of rotatable bonds is 8. The number of aromatic nitrogens is 1. The van der Waals surface area contributed by atoms with Gasteiger partial charge >= 0.3 is 0 Å². The Morgan fingerprint density at radius 2 is 1.88 bits per heavy atom. The number of likely N-dealkylation sites (N-methyl/N-ethyl adjacent to an activating group) is 1. The highest BCUT2D eigenvalue weighted by molar-refractivity contribution is 5.41. The molecule has 4 rings (SSSR count). The van der Waals surface area contributed by atoms with Crippen LogP contribution in [0.15, 0.2) is 72.9 Å². The second kappa shape index (κ2) is 10.7. The van der Waals surface area contributed by atoms with Crippen molar-refractivity contribution < 1.29 is 14.6 Å². The minimum atomic E-state index is -0.482. The Labute approximate surface area is 189 Å². The number of nitrogens with two attached hydrogens (primary N) is 1. The van der Waals surface area contributed by atoms with Gasteiger partial charge in [0.2, 0.25) is 0 Å². The number of ether oxygens (including phenoxy) is 2. The van der Waals surface area contributed by atoms with Crippen LogP contribution in [0.25, 0.3) is 0 Å². The van der Waals surface area contributed by atoms with Crippen molar-refractivity contribution in [2.45, 2.75) is 37.9 Å². The standard InChI is InChI=1S/C26H31N3O3/c1-29(14-12-23-7-2-3-13-28-23)17-24-16-25(20-10-8-19(18-30)9-11-20)32-26(31-24)21-5-4-6-22(27)15-21/h2-11,13,15,24-26,30H,12,14,16-18,27H2,1H3/t24-,25+,26+/m1/s1. The van der Waals surface area contributed by atoms with E-state index in [2.05, 4.69) is 23.0 Å². The fraction of sp³-hybridized carbons (Fsp3) is 0.346. The second-order valence-electron chi connectivity index (χ2n) is 8.35. The van der Waals surface area contributed by atoms with Gasteiger partial charge in [0.05, 0.1) is 18.8 Å². The monoisotopic (exact) mass is 433 g/mol. The molecule has 0 saturated carbocycles. The normalized spacial score (nSPS) is 21.0. The van der Waals surface area contributed by atoms with Crippen molar-refractivity contribution >= 4 is 5.69 Å². The van der Waals surface area contributed by atoms with Gasteiger partial charge in [0.25, 0.3) is 0 Å². The number of pyridine rings is 1. The average Bonchev–Trinajstić information content (AvgIpc) is 2.83. The van der Waals surface area contributed by atoms with E-state index in [1.54, 1.807) is 0 Å². The van der Waals surface area contributed by atoms with Crippen LogP contribution in [0.2, 0.25) is 0 Å². The fourth-order valence-electron chi connectivity index (χ4n) is 4.03. The summed E-state index contributed by atoms with van der Waals surface area (Å²) < 4.78 is 12.7. The van der Waals surface area contributed by atoms with Crippen LogP contribution in [0.5, 0.6) is 0 Å². The van der Waals surface area contributed by atoms with Crippen LogP contribution in [-0.4, -0.2) is 41.2 Å². The second-order valence-corrected chi connectivity index (χ2v) is 8.35. The van der Waals surface area contributed by atoms with Crippen molar-refractivity contribution in [1.82, 2.24) is 9.88 Å². The van der Waals surface area contributed by atoms with Gasteiger partial charge in [-0.15, -0.1) is 0 Å². The maximum Gasteiger partial charge on any atom is 0.185 e. The summed E-state index contributed by atoms with van der Waals surface area (Å²) in [6.07, 6.45) is 2.91. The zero-order valence-electron chi connectivity index (χ0n) is 18.4. The average molecular weight is 434 g/mol. The van der Waals surface area contributed by atoms with Crippen molar-refractivity contribution in [3.63, 3.8) is 0 Å². The first-order valence-electron chi connectivity index (χ1n) is 11.0. The van der Waals surface area contributed by atoms with E-state index in [9.17, 15) is 5.11 Å². The summed E-state index contributed by atoms with van der Waals surface area (Å²) in [6, 6.07) is 21.6. The Balaban J connectivity index is 1.47. The van der Waals surface area contributed by atoms with Gasteiger partial charge < -0.3 is 25.2 Å². The minimum Gasteiger partial charge on any atom is -0.399 e. The quantitative estimate of drug-likeness (QED) is 0.525. The highest BCUT2D eigenvalue weighted by atomic mass is 16.7. The first-order valence-corrected chi connectivity index (χ1v) is 11.0. The summed E-state index contributed by atoms with van der Waals surface area (Å²) in [6.45, 7) is 1.72. The molecule has 6 nitrogen and oxygen atoms in total. The first kappa shape index (κ1) is 22.4. The molecule has 1 aliphatic heterocycles. The van der Waals surface area contributed by atoms with Crippen LogP contribution in [0.3, 0.4) is 0 Å². The Hall–Kier alpha value is -2.77. The molecule has 32 heavy (non-hydrogen) atoms. The molecule has 0 aliphatic carbocycles. The molecule has 0 amide bonds. The third-order valence-corrected chi connectivity index (χ3v) is 5.79. The van der Waals surface area contributed by atoms with Gasteiger partial charge in [0.1, 0.15) is 0 Å². The molecular weight excluding hydrogens is 402 g/mol. The molecule has 3 N–H and O–H groups in total. The predicted octanol–water partition coefficient (Wildman–Crippen LogP) is 3.88. The van der Waals surface area contributed by atoms with Gasteiger partial charge in [-0.1, -0.05) is 42.5 Å². The van der Waals surface area contributed by atoms with Crippen molar-refractivity contribution in [2.75, 3.05) is 25.9 Å². The molecule has 168 valence electrons. The lowest BCUT2D eigenvalue weighted by molar-refractivity contribution is -0.252. The molecule has 0 spiro atoms. The van der Waals surface area contributed by atoms with Crippen LogP contribution >= 0.6 is 0 Å². The van der Waals surface area contributed by atoms with Crippen molar-refractivity contribution in [2.24, 2.45) is 0 Å². The molecule has 0 bridgehead atoms. The number of hydrogen-bond donors (Lipinski definition) is 2. The summed E-state index contributed by atoms with van der Waals surface area (Å²) in [5.74, 6) is 0. The summed E-state index contributed by atoms with van der Waals surface area (Å²) in [7, 11) is 2.11. The lowest BCUT2D eigenvalue weighted by atomic mass is 9.99. The fourth-order valence-corrected chi connectivity index (χ4v) is 4.03. The van der Waals surface area contributed by atoms with E-state index < -0.39 is 6.29 Å². The van der Waals surface area contributed by atoms with Crippen LogP contribution in [0.1, 0.15) is 41.2 Å². The van der Waals surface area contributed by atoms with E-state index in [0.717, 1.165) is 48.3 Å². The lowest BCUT2D eigenvalue weighted by Gasteiger charge is -2.38. The van der Waals surface area contributed by atoms with Crippen LogP contribution in [-0.2, 0) is 22.5 Å². The van der Waals surface area contributed by atoms with E-state index in [1.165, 1.54) is 0 Å². The third-order valence-electron chi connectivity index (χ3n) is 5.79. The number of anilines is 1. The van der Waals surface area contributed by atoms with Crippen molar-refractivity contribution in [3.05, 3.63) is 95.3 Å². The Morgan fingerprint density at radius 3 is 2.59 bits per heavy atom. The topological polar surface area (TPSA) is 80.8 Å². The van der Waals surface area contributed by atoms with E-state index in [4.69, 9.17) is 15.2 Å². The molecule has 3 aromatic rings. The minimum absolute atomic E-state index is 0.00596. The summed E-state index contributed by atoms with van der Waals surface area (Å²) >= 11 is 0. The predicted molar refractivity (Wildman–Crippen MR) is 125 cm³/mol. The molecule has 1 aliphatic rings. The number of hydrogen-bond acceptors (Lipinski definition) is 6. The van der Waals surface area contributed by atoms with Gasteiger partial charge in [-0.25, -0.2) is 0 Å². The summed E-state index contributed by atoms with van der Waals surface area (Å²) in [5.41, 5.74) is 10.7. The number of aliphatic hydroxyl groups is 1. The third kappa shape index (κ3) is 5.93. The highest BCUT2D eigenvalue weighted by Crippen LogP contribution is 2.38. The van der Waals surface area contributed by atoms with Gasteiger partial charge in [-0.2, -0.15) is 0 Å². The molecule has 2 heterocycles. The number of aliphatic hydroxyl groups excluding tert-OH is 1. The molecule has 1 fully saturated rings. The highest BCUT2D eigenvalue weighted by Gasteiger charge is 2.32. The Kier molecular flexibility index (Phi) is 7.50. The largest absolute Gasteiger partial charge is 0.399 e. The van der Waals surface area contributed by atoms with Crippen LogP contribution < -0.4 is 5.73 Å². The molecular formula is C26H31N3O3. The summed E-state index contributed by atoms with van der Waals surface area (Å²) in [4.78, 5) is 6.70. The molecule has 0 radical (unpaired) electrons. The van der Waals surface area contributed by atoms with Gasteiger partial charge in [-0.05, 0) is 42.4 Å². The molecule has 2 aromatic carbocycles. The van der Waals surface area contributed by atoms with Crippen molar-refractivity contribution in [1.29, 1.82) is 0 Å². The zero-order chi connectivity index (χ0) is 22.3. The zero-order valence-corrected chi connectivity index (χ0v) is 18.4. The van der Waals surface area contributed by atoms with Gasteiger partial charge in [0, 0.05) is 49.1 Å². The van der Waals surface area contributed by atoms with E-state index in [1.807, 2.05) is 66.9 Å². The number of benzene rings is 2. The van der Waals surface area contributed by atoms with Crippen molar-refractivity contribution in [3.8, 4) is 0 Å². The molecule has 3 atom stereocenters. The summed E-state index contributed by atoms with van der Waals surface area (Å²) in [5, 5.41) is 9.36. The maximum atomic E-state index is 9.36. The number of nitrogen functional groups attached to an aromatic ring is 1. The molecule has 6 heteroatoms. The Morgan fingerprint density at radius 1 is 1.03 bits per heavy atom. The lowest BCUT2D eigenvalue weighted by Crippen LogP contribution is -2.38. The number of nitrogens with zero attached hydrogens (tertiary/aromatic N) is 2. The SMILES string of the molecule is CN(CCc1ccccn1)C[C@H]1C[C@@H](c2ccc(CO)cc2)O[C@@H](c2cccc(N)c2)O1. The van der Waals surface area contributed by atoms with Gasteiger partial charge in [-0.3, -0.25) is 4.98 Å². The first-order chi connectivity index (χ1) is 15.6. The van der Waals surface area contributed by atoms with E-state index >= 15 is 0 Å². The smallest absolute Gasteiger partial charge is 0.185 e. The van der Waals surface area contributed by atoms with E-state index in [0.29, 0.717) is 5.69 Å². The Bertz CT molecular complexity index is 981. The van der Waals surface area contributed by atoms with E-state index in [-0.39, 0.29) is 18.8 Å². The molecule has 1 saturated heterocycles. The maximum absolute atomic E-state index is 9.36. The molecule has 1 aromatic heterocycles. The van der Waals surface area contributed by atoms with Gasteiger partial charge in [0.15, 0.2) is 6.29 Å².